The van der Waals surface area contributed by atoms with Crippen LogP contribution in [0.5, 0.6) is 5.75 Å². The Bertz CT molecular complexity index is 561. The summed E-state index contributed by atoms with van der Waals surface area (Å²) in [6.45, 7) is 0. The lowest BCUT2D eigenvalue weighted by atomic mass is 9.82. The monoisotopic (exact) mass is 259 g/mol. The lowest BCUT2D eigenvalue weighted by Crippen LogP contribution is -2.10. The van der Waals surface area contributed by atoms with Gasteiger partial charge in [0.15, 0.2) is 0 Å². The number of nitrogens with zero attached hydrogens (tertiary/aromatic N) is 1. The minimum Gasteiger partial charge on any atom is -0.506 e. The predicted molar refractivity (Wildman–Crippen MR) is 72.9 cm³/mol. The first-order chi connectivity index (χ1) is 8.75. The molecular weight excluding hydrogens is 246 g/mol. The molecule has 3 rings (SSSR count). The van der Waals surface area contributed by atoms with Gasteiger partial charge in [-0.1, -0.05) is 36.2 Å². The standard InChI is InChI=1S/C15H14ClNO/c16-15-12(5-2-6-14(15)18)11-7-8-13(17-9-11)10-3-1-4-10/h2,5-10,18H,1,3-4H2. The topological polar surface area (TPSA) is 33.1 Å². The lowest BCUT2D eigenvalue weighted by Gasteiger charge is -2.24. The molecule has 1 aromatic carbocycles. The van der Waals surface area contributed by atoms with Gasteiger partial charge in [0.2, 0.25) is 0 Å². The maximum absolute atomic E-state index is 9.60. The fraction of sp³-hybridized carbons (Fsp3) is 0.267. The van der Waals surface area contributed by atoms with Crippen LogP contribution in [0.4, 0.5) is 0 Å². The van der Waals surface area contributed by atoms with E-state index >= 15 is 0 Å². The Labute approximate surface area is 111 Å². The maximum Gasteiger partial charge on any atom is 0.134 e. The molecule has 1 aromatic heterocycles. The van der Waals surface area contributed by atoms with E-state index in [1.54, 1.807) is 12.1 Å². The van der Waals surface area contributed by atoms with Gasteiger partial charge >= 0.3 is 0 Å². The summed E-state index contributed by atoms with van der Waals surface area (Å²) < 4.78 is 0. The van der Waals surface area contributed by atoms with Crippen molar-refractivity contribution in [1.82, 2.24) is 4.98 Å². The highest BCUT2D eigenvalue weighted by atomic mass is 35.5. The van der Waals surface area contributed by atoms with Crippen molar-refractivity contribution in [2.24, 2.45) is 0 Å². The SMILES string of the molecule is Oc1cccc(-c2ccc(C3CCC3)nc2)c1Cl. The number of phenolic OH excluding ortho intramolecular Hbond substituents is 1. The third kappa shape index (κ3) is 1.97. The zero-order chi connectivity index (χ0) is 12.5. The van der Waals surface area contributed by atoms with Crippen molar-refractivity contribution in [2.45, 2.75) is 25.2 Å². The maximum atomic E-state index is 9.60. The van der Waals surface area contributed by atoms with Crippen LogP contribution in [0, 0.1) is 0 Å². The number of pyridine rings is 1. The summed E-state index contributed by atoms with van der Waals surface area (Å²) in [4.78, 5) is 4.51. The Morgan fingerprint density at radius 2 is 2.00 bits per heavy atom. The van der Waals surface area contributed by atoms with E-state index in [-0.39, 0.29) is 5.75 Å². The second kappa shape index (κ2) is 4.62. The number of benzene rings is 1. The number of aromatic hydroxyl groups is 1. The van der Waals surface area contributed by atoms with E-state index in [0.717, 1.165) is 11.1 Å². The summed E-state index contributed by atoms with van der Waals surface area (Å²) in [5.74, 6) is 0.746. The van der Waals surface area contributed by atoms with Crippen LogP contribution in [0.1, 0.15) is 30.9 Å². The van der Waals surface area contributed by atoms with Gasteiger partial charge in [0.25, 0.3) is 0 Å². The third-order valence-corrected chi connectivity index (χ3v) is 4.00. The van der Waals surface area contributed by atoms with Crippen molar-refractivity contribution in [1.29, 1.82) is 0 Å². The highest BCUT2D eigenvalue weighted by Crippen LogP contribution is 2.37. The summed E-state index contributed by atoms with van der Waals surface area (Å²) >= 11 is 6.09. The Morgan fingerprint density at radius 1 is 1.17 bits per heavy atom. The first-order valence-corrected chi connectivity index (χ1v) is 6.57. The average molecular weight is 260 g/mol. The Hall–Kier alpha value is -1.54. The molecule has 0 bridgehead atoms. The average Bonchev–Trinajstić information content (AvgIpc) is 2.32. The molecule has 92 valence electrons. The molecule has 2 nitrogen and oxygen atoms in total. The summed E-state index contributed by atoms with van der Waals surface area (Å²) in [5.41, 5.74) is 2.93. The minimum atomic E-state index is 0.109. The molecule has 0 unspecified atom stereocenters. The molecular formula is C15H14ClNO. The molecule has 2 aromatic rings. The van der Waals surface area contributed by atoms with E-state index < -0.39 is 0 Å². The molecule has 0 spiro atoms. The second-order valence-corrected chi connectivity index (χ2v) is 5.12. The van der Waals surface area contributed by atoms with E-state index in [4.69, 9.17) is 11.6 Å². The number of hydrogen-bond acceptors (Lipinski definition) is 2. The molecule has 1 aliphatic carbocycles. The number of halogens is 1. The van der Waals surface area contributed by atoms with Crippen molar-refractivity contribution in [3.8, 4) is 16.9 Å². The van der Waals surface area contributed by atoms with Gasteiger partial charge in [-0.2, -0.15) is 0 Å². The van der Waals surface area contributed by atoms with Crippen LogP contribution in [-0.4, -0.2) is 10.1 Å². The van der Waals surface area contributed by atoms with Crippen molar-refractivity contribution < 1.29 is 5.11 Å². The smallest absolute Gasteiger partial charge is 0.134 e. The van der Waals surface area contributed by atoms with E-state index in [1.807, 2.05) is 18.3 Å². The van der Waals surface area contributed by atoms with Crippen LogP contribution in [0.15, 0.2) is 36.5 Å². The van der Waals surface area contributed by atoms with Crippen LogP contribution < -0.4 is 0 Å². The lowest BCUT2D eigenvalue weighted by molar-refractivity contribution is 0.411. The normalized spacial score (nSPS) is 15.4. The Morgan fingerprint density at radius 3 is 2.61 bits per heavy atom. The van der Waals surface area contributed by atoms with E-state index in [0.29, 0.717) is 10.9 Å². The Balaban J connectivity index is 1.94. The molecule has 1 heterocycles. The predicted octanol–water partition coefficient (Wildman–Crippen LogP) is 4.38. The van der Waals surface area contributed by atoms with Gasteiger partial charge in [-0.15, -0.1) is 0 Å². The van der Waals surface area contributed by atoms with Crippen LogP contribution in [0.3, 0.4) is 0 Å². The van der Waals surface area contributed by atoms with Crippen LogP contribution in [0.25, 0.3) is 11.1 Å². The molecule has 1 N–H and O–H groups in total. The molecule has 3 heteroatoms. The Kier molecular flexibility index (Phi) is 2.96. The van der Waals surface area contributed by atoms with E-state index in [2.05, 4.69) is 11.1 Å². The van der Waals surface area contributed by atoms with Gasteiger partial charge in [-0.25, -0.2) is 0 Å². The van der Waals surface area contributed by atoms with Crippen molar-refractivity contribution in [3.05, 3.63) is 47.2 Å². The molecule has 0 amide bonds. The van der Waals surface area contributed by atoms with E-state index in [1.165, 1.54) is 25.0 Å². The van der Waals surface area contributed by atoms with Gasteiger partial charge in [0.1, 0.15) is 5.75 Å². The molecule has 0 atom stereocenters. The van der Waals surface area contributed by atoms with Crippen LogP contribution in [-0.2, 0) is 0 Å². The minimum absolute atomic E-state index is 0.109. The summed E-state index contributed by atoms with van der Waals surface area (Å²) in [5, 5.41) is 9.98. The zero-order valence-corrected chi connectivity index (χ0v) is 10.7. The van der Waals surface area contributed by atoms with Gasteiger partial charge in [-0.05, 0) is 25.0 Å². The second-order valence-electron chi connectivity index (χ2n) is 4.74. The summed E-state index contributed by atoms with van der Waals surface area (Å²) in [6.07, 6.45) is 5.65. The number of phenols is 1. The molecule has 18 heavy (non-hydrogen) atoms. The fourth-order valence-electron chi connectivity index (χ4n) is 2.25. The first-order valence-electron chi connectivity index (χ1n) is 6.19. The highest BCUT2D eigenvalue weighted by Gasteiger charge is 2.20. The molecule has 1 fully saturated rings. The number of aromatic nitrogens is 1. The molecule has 0 aliphatic heterocycles. The van der Waals surface area contributed by atoms with Crippen molar-refractivity contribution in [3.63, 3.8) is 0 Å². The van der Waals surface area contributed by atoms with Crippen LogP contribution in [0.2, 0.25) is 5.02 Å². The van der Waals surface area contributed by atoms with Crippen molar-refractivity contribution in [2.75, 3.05) is 0 Å². The summed E-state index contributed by atoms with van der Waals surface area (Å²) in [6, 6.07) is 9.36. The highest BCUT2D eigenvalue weighted by molar-refractivity contribution is 6.34. The molecule has 1 aliphatic rings. The summed E-state index contributed by atoms with van der Waals surface area (Å²) in [7, 11) is 0. The van der Waals surface area contributed by atoms with Gasteiger partial charge in [0.05, 0.1) is 5.02 Å². The van der Waals surface area contributed by atoms with Gasteiger partial charge in [0, 0.05) is 28.9 Å². The first kappa shape index (κ1) is 11.5. The van der Waals surface area contributed by atoms with E-state index in [9.17, 15) is 5.11 Å². The fourth-order valence-corrected chi connectivity index (χ4v) is 2.49. The molecule has 0 radical (unpaired) electrons. The largest absolute Gasteiger partial charge is 0.506 e. The van der Waals surface area contributed by atoms with Crippen molar-refractivity contribution >= 4 is 11.6 Å². The van der Waals surface area contributed by atoms with Crippen LogP contribution >= 0.6 is 11.6 Å². The van der Waals surface area contributed by atoms with Gasteiger partial charge in [-0.3, -0.25) is 4.98 Å². The molecule has 1 saturated carbocycles. The third-order valence-electron chi connectivity index (χ3n) is 3.60. The number of hydrogen-bond donors (Lipinski definition) is 1. The molecule has 0 saturated heterocycles. The number of rotatable bonds is 2. The zero-order valence-electron chi connectivity index (χ0n) is 9.94. The van der Waals surface area contributed by atoms with Gasteiger partial charge < -0.3 is 5.11 Å². The quantitative estimate of drug-likeness (QED) is 0.868.